The van der Waals surface area contributed by atoms with Crippen LogP contribution < -0.4 is 9.46 Å². The van der Waals surface area contributed by atoms with Crippen molar-refractivity contribution >= 4 is 15.9 Å². The molecule has 1 N–H and O–H groups in total. The number of carbonyl (C=O) groups excluding carboxylic acids is 1. The predicted molar refractivity (Wildman–Crippen MR) is 130 cm³/mol. The van der Waals surface area contributed by atoms with E-state index in [0.29, 0.717) is 22.6 Å². The Morgan fingerprint density at radius 1 is 1.09 bits per heavy atom. The maximum atomic E-state index is 13.2. The second kappa shape index (κ2) is 9.99. The van der Waals surface area contributed by atoms with Crippen molar-refractivity contribution in [2.75, 3.05) is 14.2 Å². The summed E-state index contributed by atoms with van der Waals surface area (Å²) in [6.45, 7) is 8.99. The number of nitrogens with one attached hydrogen (secondary N) is 1. The van der Waals surface area contributed by atoms with Crippen molar-refractivity contribution in [3.8, 4) is 17.0 Å². The van der Waals surface area contributed by atoms with E-state index < -0.39 is 16.1 Å². The molecule has 0 saturated carbocycles. The number of methoxy groups -OCH3 is 1. The van der Waals surface area contributed by atoms with Crippen LogP contribution in [0.5, 0.6) is 5.75 Å². The largest absolute Gasteiger partial charge is 0.497 e. The molecule has 0 aliphatic heterocycles. The molecule has 1 aromatic heterocycles. The number of benzene rings is 2. The quantitative estimate of drug-likeness (QED) is 0.519. The molecule has 8 nitrogen and oxygen atoms in total. The molecule has 1 atom stereocenters. The lowest BCUT2D eigenvalue weighted by Gasteiger charge is -2.22. The fourth-order valence-electron chi connectivity index (χ4n) is 3.85. The van der Waals surface area contributed by atoms with Crippen molar-refractivity contribution in [1.82, 2.24) is 14.8 Å². The highest BCUT2D eigenvalue weighted by molar-refractivity contribution is 7.89. The van der Waals surface area contributed by atoms with Crippen LogP contribution in [-0.4, -0.2) is 44.6 Å². The highest BCUT2D eigenvalue weighted by Gasteiger charge is 2.28. The summed E-state index contributed by atoms with van der Waals surface area (Å²) < 4.78 is 39.4. The number of sulfonamides is 1. The Morgan fingerprint density at radius 3 is 2.24 bits per heavy atom. The number of aryl methyl sites for hydroxylation is 2. The third-order valence-corrected chi connectivity index (χ3v) is 7.80. The van der Waals surface area contributed by atoms with Gasteiger partial charge in [-0.05, 0) is 81.1 Å². The van der Waals surface area contributed by atoms with Gasteiger partial charge in [0.05, 0.1) is 24.6 Å². The minimum absolute atomic E-state index is 0.148. The van der Waals surface area contributed by atoms with Crippen molar-refractivity contribution in [3.63, 3.8) is 0 Å². The lowest BCUT2D eigenvalue weighted by atomic mass is 10.0. The summed E-state index contributed by atoms with van der Waals surface area (Å²) in [6, 6.07) is 10.1. The van der Waals surface area contributed by atoms with E-state index in [1.165, 1.54) is 11.8 Å². The Kier molecular flexibility index (Phi) is 7.48. The Balaban J connectivity index is 1.71. The monoisotopic (exact) mass is 485 g/mol. The van der Waals surface area contributed by atoms with Gasteiger partial charge in [-0.2, -0.15) is 4.72 Å². The van der Waals surface area contributed by atoms with Gasteiger partial charge in [0.1, 0.15) is 11.4 Å². The average molecular weight is 486 g/mol. The van der Waals surface area contributed by atoms with E-state index in [0.717, 1.165) is 22.4 Å². The molecule has 0 aliphatic rings. The van der Waals surface area contributed by atoms with Crippen molar-refractivity contribution in [3.05, 3.63) is 64.4 Å². The highest BCUT2D eigenvalue weighted by Crippen LogP contribution is 2.26. The molecule has 3 aromatic rings. The van der Waals surface area contributed by atoms with Crippen LogP contribution in [0.15, 0.2) is 45.8 Å². The molecule has 9 heteroatoms. The van der Waals surface area contributed by atoms with Crippen LogP contribution >= 0.6 is 0 Å². The Morgan fingerprint density at radius 2 is 1.68 bits per heavy atom. The molecule has 0 spiro atoms. The molecule has 1 heterocycles. The van der Waals surface area contributed by atoms with E-state index in [-0.39, 0.29) is 17.3 Å². The number of hydrogen-bond donors (Lipinski definition) is 1. The van der Waals surface area contributed by atoms with Gasteiger partial charge in [-0.1, -0.05) is 11.2 Å². The summed E-state index contributed by atoms with van der Waals surface area (Å²) in [7, 11) is -0.707. The van der Waals surface area contributed by atoms with Gasteiger partial charge in [0, 0.05) is 18.7 Å². The molecule has 2 aromatic carbocycles. The highest BCUT2D eigenvalue weighted by atomic mass is 32.2. The number of nitrogens with zero attached hydrogens (tertiary/aromatic N) is 2. The number of amides is 1. The predicted octanol–water partition coefficient (Wildman–Crippen LogP) is 3.91. The fourth-order valence-corrected chi connectivity index (χ4v) is 5.67. The van der Waals surface area contributed by atoms with E-state index >= 15 is 0 Å². The molecule has 0 radical (unpaired) electrons. The van der Waals surface area contributed by atoms with Gasteiger partial charge < -0.3 is 14.2 Å². The normalized spacial score (nSPS) is 12.4. The summed E-state index contributed by atoms with van der Waals surface area (Å²) >= 11 is 0. The Labute approximate surface area is 201 Å². The zero-order chi connectivity index (χ0) is 25.2. The Bertz CT molecular complexity index is 1270. The number of carbonyl (C=O) groups is 1. The first-order valence-corrected chi connectivity index (χ1v) is 12.4. The van der Waals surface area contributed by atoms with E-state index in [2.05, 4.69) is 9.88 Å². The molecule has 0 fully saturated rings. The molecule has 0 saturated heterocycles. The molecule has 0 bridgehead atoms. The van der Waals surface area contributed by atoms with Gasteiger partial charge in [0.15, 0.2) is 5.76 Å². The number of ether oxygens (including phenoxy) is 1. The van der Waals surface area contributed by atoms with Gasteiger partial charge in [-0.3, -0.25) is 4.79 Å². The molecular formula is C25H31N3O5S. The van der Waals surface area contributed by atoms with Gasteiger partial charge in [-0.25, -0.2) is 8.42 Å². The van der Waals surface area contributed by atoms with Gasteiger partial charge >= 0.3 is 0 Å². The SMILES string of the molecule is COc1ccc(-c2cc(CN(C)C(=O)C(C)NS(=O)(=O)c3c(C)c(C)cc(C)c3C)on2)cc1. The summed E-state index contributed by atoms with van der Waals surface area (Å²) in [5, 5.41) is 4.07. The second-order valence-electron chi connectivity index (χ2n) is 8.53. The van der Waals surface area contributed by atoms with Crippen LogP contribution in [0.4, 0.5) is 0 Å². The summed E-state index contributed by atoms with van der Waals surface area (Å²) in [5.41, 5.74) is 4.61. The number of hydrogen-bond acceptors (Lipinski definition) is 6. The van der Waals surface area contributed by atoms with Crippen molar-refractivity contribution < 1.29 is 22.5 Å². The minimum atomic E-state index is -3.90. The standard InChI is InChI=1S/C25H31N3O5S/c1-15-12-16(2)18(4)24(17(15)3)34(30,31)27-19(5)25(29)28(6)14-22-13-23(26-33-22)20-8-10-21(32-7)11-9-20/h8-13,19,27H,14H2,1-7H3. The summed E-state index contributed by atoms with van der Waals surface area (Å²) in [5.74, 6) is 0.837. The smallest absolute Gasteiger partial charge is 0.241 e. The third kappa shape index (κ3) is 5.31. The lowest BCUT2D eigenvalue weighted by Crippen LogP contribution is -2.45. The van der Waals surface area contributed by atoms with E-state index in [9.17, 15) is 13.2 Å². The molecule has 1 amide bonds. The van der Waals surface area contributed by atoms with Crippen LogP contribution in [0.1, 0.15) is 34.9 Å². The van der Waals surface area contributed by atoms with Gasteiger partial charge in [-0.15, -0.1) is 0 Å². The van der Waals surface area contributed by atoms with Crippen LogP contribution in [0.2, 0.25) is 0 Å². The van der Waals surface area contributed by atoms with Gasteiger partial charge in [0.25, 0.3) is 0 Å². The zero-order valence-corrected chi connectivity index (χ0v) is 21.4. The first-order valence-electron chi connectivity index (χ1n) is 10.9. The van der Waals surface area contributed by atoms with Crippen molar-refractivity contribution in [2.24, 2.45) is 0 Å². The molecule has 34 heavy (non-hydrogen) atoms. The first-order chi connectivity index (χ1) is 15.9. The molecule has 1 unspecified atom stereocenters. The van der Waals surface area contributed by atoms with Crippen LogP contribution in [0, 0.1) is 27.7 Å². The summed E-state index contributed by atoms with van der Waals surface area (Å²) in [4.78, 5) is 14.6. The van der Waals surface area contributed by atoms with Crippen LogP contribution in [0.3, 0.4) is 0 Å². The molecule has 182 valence electrons. The first kappa shape index (κ1) is 25.5. The molecular weight excluding hydrogens is 454 g/mol. The molecule has 0 aliphatic carbocycles. The Hall–Kier alpha value is -3.17. The minimum Gasteiger partial charge on any atom is -0.497 e. The second-order valence-corrected chi connectivity index (χ2v) is 10.2. The lowest BCUT2D eigenvalue weighted by molar-refractivity contribution is -0.132. The topological polar surface area (TPSA) is 102 Å². The van der Waals surface area contributed by atoms with E-state index in [1.807, 2.05) is 44.2 Å². The van der Waals surface area contributed by atoms with Crippen molar-refractivity contribution in [2.45, 2.75) is 52.1 Å². The maximum absolute atomic E-state index is 13.2. The zero-order valence-electron chi connectivity index (χ0n) is 20.6. The van der Waals surface area contributed by atoms with Crippen LogP contribution in [0.25, 0.3) is 11.3 Å². The third-order valence-electron chi connectivity index (χ3n) is 5.98. The van der Waals surface area contributed by atoms with Gasteiger partial charge in [0.2, 0.25) is 15.9 Å². The number of aromatic nitrogens is 1. The van der Waals surface area contributed by atoms with Crippen molar-refractivity contribution in [1.29, 1.82) is 0 Å². The van der Waals surface area contributed by atoms with E-state index in [1.54, 1.807) is 34.1 Å². The maximum Gasteiger partial charge on any atom is 0.241 e. The molecule has 3 rings (SSSR count). The van der Waals surface area contributed by atoms with E-state index in [4.69, 9.17) is 9.26 Å². The van der Waals surface area contributed by atoms with Crippen LogP contribution in [-0.2, 0) is 21.4 Å². The number of rotatable bonds is 8. The fraction of sp³-hybridized carbons (Fsp3) is 0.360. The summed E-state index contributed by atoms with van der Waals surface area (Å²) in [6.07, 6.45) is 0. The number of likely N-dealkylation sites (N-methyl/N-ethyl adjacent to an activating group) is 1. The average Bonchev–Trinajstić information content (AvgIpc) is 3.25.